The maximum atomic E-state index is 12.0. The van der Waals surface area contributed by atoms with Gasteiger partial charge in [-0.1, -0.05) is 29.8 Å². The van der Waals surface area contributed by atoms with E-state index in [1.807, 2.05) is 60.1 Å². The first kappa shape index (κ1) is 15.6. The van der Waals surface area contributed by atoms with E-state index in [1.54, 1.807) is 0 Å². The Bertz CT molecular complexity index is 841. The molecule has 1 aromatic carbocycles. The Hall–Kier alpha value is -2.33. The van der Waals surface area contributed by atoms with Crippen LogP contribution < -0.4 is 5.32 Å². The minimum Gasteiger partial charge on any atom is -0.355 e. The molecular weight excluding hydrogens is 310 g/mol. The number of aromatic nitrogens is 2. The summed E-state index contributed by atoms with van der Waals surface area (Å²) in [7, 11) is 0. The predicted molar refractivity (Wildman–Crippen MR) is 91.8 cm³/mol. The molecule has 0 unspecified atom stereocenters. The van der Waals surface area contributed by atoms with Gasteiger partial charge >= 0.3 is 0 Å². The second-order valence-corrected chi connectivity index (χ2v) is 6.00. The maximum Gasteiger partial charge on any atom is 0.226 e. The van der Waals surface area contributed by atoms with E-state index in [0.29, 0.717) is 11.6 Å². The van der Waals surface area contributed by atoms with Crippen molar-refractivity contribution >= 4 is 23.2 Å². The zero-order chi connectivity index (χ0) is 16.2. The van der Waals surface area contributed by atoms with Crippen LogP contribution in [0.1, 0.15) is 16.8 Å². The minimum absolute atomic E-state index is 0.0203. The molecule has 1 N–H and O–H groups in total. The fourth-order valence-electron chi connectivity index (χ4n) is 2.56. The number of benzene rings is 1. The Morgan fingerprint density at radius 1 is 1.30 bits per heavy atom. The molecule has 0 spiro atoms. The molecule has 0 radical (unpaired) electrons. The van der Waals surface area contributed by atoms with Gasteiger partial charge in [-0.3, -0.25) is 4.79 Å². The van der Waals surface area contributed by atoms with Crippen LogP contribution in [0, 0.1) is 6.92 Å². The highest BCUT2D eigenvalue weighted by Crippen LogP contribution is 2.11. The Morgan fingerprint density at radius 3 is 2.96 bits per heavy atom. The standard InChI is InChI=1S/C18H18ClN3O/c1-13-4-3-9-22-12-16(21-18(13)22)11-17(23)20-8-7-14-5-2-6-15(19)10-14/h2-6,9-10,12H,7-8,11H2,1H3,(H,20,23). The summed E-state index contributed by atoms with van der Waals surface area (Å²) in [5.74, 6) is -0.0203. The van der Waals surface area contributed by atoms with Gasteiger partial charge in [0.25, 0.3) is 0 Å². The molecule has 0 saturated heterocycles. The SMILES string of the molecule is Cc1cccn2cc(CC(=O)NCCc3cccc(Cl)c3)nc12. The molecule has 0 saturated carbocycles. The first-order valence-corrected chi connectivity index (χ1v) is 7.94. The van der Waals surface area contributed by atoms with E-state index in [2.05, 4.69) is 10.3 Å². The monoisotopic (exact) mass is 327 g/mol. The number of halogens is 1. The van der Waals surface area contributed by atoms with Gasteiger partial charge in [0.2, 0.25) is 5.91 Å². The lowest BCUT2D eigenvalue weighted by molar-refractivity contribution is -0.120. The average Bonchev–Trinajstić information content (AvgIpc) is 2.91. The van der Waals surface area contributed by atoms with Crippen molar-refractivity contribution in [1.82, 2.24) is 14.7 Å². The van der Waals surface area contributed by atoms with Crippen LogP contribution in [0.2, 0.25) is 5.02 Å². The van der Waals surface area contributed by atoms with Crippen molar-refractivity contribution < 1.29 is 4.79 Å². The van der Waals surface area contributed by atoms with Crippen LogP contribution in [0.25, 0.3) is 5.65 Å². The highest BCUT2D eigenvalue weighted by Gasteiger charge is 2.08. The van der Waals surface area contributed by atoms with E-state index < -0.39 is 0 Å². The van der Waals surface area contributed by atoms with E-state index in [4.69, 9.17) is 11.6 Å². The molecule has 0 aliphatic heterocycles. The Morgan fingerprint density at radius 2 is 2.17 bits per heavy atom. The number of imidazole rings is 1. The van der Waals surface area contributed by atoms with Crippen LogP contribution in [0.5, 0.6) is 0 Å². The van der Waals surface area contributed by atoms with Crippen LogP contribution in [-0.4, -0.2) is 21.8 Å². The first-order chi connectivity index (χ1) is 11.1. The van der Waals surface area contributed by atoms with E-state index in [9.17, 15) is 4.79 Å². The fraction of sp³-hybridized carbons (Fsp3) is 0.222. The topological polar surface area (TPSA) is 46.4 Å². The normalized spacial score (nSPS) is 10.9. The zero-order valence-corrected chi connectivity index (χ0v) is 13.7. The van der Waals surface area contributed by atoms with Gasteiger partial charge in [0, 0.05) is 24.0 Å². The van der Waals surface area contributed by atoms with Gasteiger partial charge in [-0.15, -0.1) is 0 Å². The number of nitrogens with zero attached hydrogens (tertiary/aromatic N) is 2. The summed E-state index contributed by atoms with van der Waals surface area (Å²) in [6, 6.07) is 11.7. The predicted octanol–water partition coefficient (Wildman–Crippen LogP) is 3.20. The van der Waals surface area contributed by atoms with Crippen molar-refractivity contribution in [3.8, 4) is 0 Å². The number of carbonyl (C=O) groups is 1. The summed E-state index contributed by atoms with van der Waals surface area (Å²) in [6.45, 7) is 2.60. The lowest BCUT2D eigenvalue weighted by Crippen LogP contribution is -2.27. The van der Waals surface area contributed by atoms with E-state index in [1.165, 1.54) is 0 Å². The molecule has 118 valence electrons. The third-order valence-electron chi connectivity index (χ3n) is 3.69. The largest absolute Gasteiger partial charge is 0.355 e. The summed E-state index contributed by atoms with van der Waals surface area (Å²) in [5, 5.41) is 3.64. The minimum atomic E-state index is -0.0203. The summed E-state index contributed by atoms with van der Waals surface area (Å²) < 4.78 is 1.95. The Labute approximate surface area is 140 Å². The zero-order valence-electron chi connectivity index (χ0n) is 12.9. The second-order valence-electron chi connectivity index (χ2n) is 5.56. The van der Waals surface area contributed by atoms with E-state index in [0.717, 1.165) is 28.9 Å². The van der Waals surface area contributed by atoms with Crippen molar-refractivity contribution in [2.24, 2.45) is 0 Å². The summed E-state index contributed by atoms with van der Waals surface area (Å²) in [5.41, 5.74) is 3.88. The molecule has 3 rings (SSSR count). The third kappa shape index (κ3) is 3.90. The molecule has 3 aromatic rings. The van der Waals surface area contributed by atoms with Crippen LogP contribution in [-0.2, 0) is 17.6 Å². The molecule has 0 aliphatic carbocycles. The average molecular weight is 328 g/mol. The van der Waals surface area contributed by atoms with Crippen molar-refractivity contribution in [2.45, 2.75) is 19.8 Å². The molecule has 2 aromatic heterocycles. The molecule has 4 nitrogen and oxygen atoms in total. The molecule has 2 heterocycles. The molecule has 23 heavy (non-hydrogen) atoms. The molecule has 0 atom stereocenters. The fourth-order valence-corrected chi connectivity index (χ4v) is 2.77. The molecular formula is C18H18ClN3O. The lowest BCUT2D eigenvalue weighted by Gasteiger charge is -2.04. The van der Waals surface area contributed by atoms with Crippen molar-refractivity contribution in [1.29, 1.82) is 0 Å². The molecule has 0 bridgehead atoms. The first-order valence-electron chi connectivity index (χ1n) is 7.56. The summed E-state index contributed by atoms with van der Waals surface area (Å²) in [6.07, 6.45) is 4.89. The number of hydrogen-bond acceptors (Lipinski definition) is 2. The molecule has 1 amide bonds. The van der Waals surface area contributed by atoms with Gasteiger partial charge in [0.1, 0.15) is 5.65 Å². The molecule has 5 heteroatoms. The highest BCUT2D eigenvalue weighted by molar-refractivity contribution is 6.30. The quantitative estimate of drug-likeness (QED) is 0.782. The number of fused-ring (bicyclic) bond motifs is 1. The van der Waals surface area contributed by atoms with Crippen LogP contribution in [0.3, 0.4) is 0 Å². The number of rotatable bonds is 5. The van der Waals surface area contributed by atoms with Gasteiger partial charge in [-0.25, -0.2) is 4.98 Å². The Kier molecular flexibility index (Phi) is 4.63. The number of carbonyl (C=O) groups excluding carboxylic acids is 1. The van der Waals surface area contributed by atoms with Gasteiger partial charge in [0.15, 0.2) is 0 Å². The number of aryl methyl sites for hydroxylation is 1. The summed E-state index contributed by atoms with van der Waals surface area (Å²) in [4.78, 5) is 16.6. The van der Waals surface area contributed by atoms with Crippen molar-refractivity contribution in [3.05, 3.63) is 70.6 Å². The van der Waals surface area contributed by atoms with Crippen LogP contribution in [0.15, 0.2) is 48.8 Å². The second kappa shape index (κ2) is 6.84. The number of nitrogens with one attached hydrogen (secondary N) is 1. The van der Waals surface area contributed by atoms with Crippen LogP contribution >= 0.6 is 11.6 Å². The number of amides is 1. The van der Waals surface area contributed by atoms with E-state index >= 15 is 0 Å². The maximum absolute atomic E-state index is 12.0. The Balaban J connectivity index is 1.55. The van der Waals surface area contributed by atoms with Gasteiger partial charge in [0.05, 0.1) is 12.1 Å². The third-order valence-corrected chi connectivity index (χ3v) is 3.93. The molecule has 0 fully saturated rings. The van der Waals surface area contributed by atoms with Gasteiger partial charge < -0.3 is 9.72 Å². The smallest absolute Gasteiger partial charge is 0.226 e. The molecule has 0 aliphatic rings. The van der Waals surface area contributed by atoms with Crippen molar-refractivity contribution in [2.75, 3.05) is 6.54 Å². The number of hydrogen-bond donors (Lipinski definition) is 1. The lowest BCUT2D eigenvalue weighted by atomic mass is 10.1. The number of pyridine rings is 1. The van der Waals surface area contributed by atoms with E-state index in [-0.39, 0.29) is 12.3 Å². The van der Waals surface area contributed by atoms with Crippen molar-refractivity contribution in [3.63, 3.8) is 0 Å². The summed E-state index contributed by atoms with van der Waals surface area (Å²) >= 11 is 5.95. The van der Waals surface area contributed by atoms with Crippen LogP contribution in [0.4, 0.5) is 0 Å². The van der Waals surface area contributed by atoms with Gasteiger partial charge in [-0.2, -0.15) is 0 Å². The highest BCUT2D eigenvalue weighted by atomic mass is 35.5. The van der Waals surface area contributed by atoms with Gasteiger partial charge in [-0.05, 0) is 42.7 Å².